The molecule has 1 saturated carbocycles. The number of carbonyl (C=O) groups is 1. The summed E-state index contributed by atoms with van der Waals surface area (Å²) in [5.41, 5.74) is 6.04. The van der Waals surface area contributed by atoms with Gasteiger partial charge in [-0.05, 0) is 36.3 Å². The van der Waals surface area contributed by atoms with Crippen molar-refractivity contribution in [1.82, 2.24) is 0 Å². The monoisotopic (exact) mass is 311 g/mol. The van der Waals surface area contributed by atoms with Gasteiger partial charge in [-0.2, -0.15) is 8.42 Å². The third-order valence-electron chi connectivity index (χ3n) is 4.51. The van der Waals surface area contributed by atoms with E-state index in [1.54, 1.807) is 18.2 Å². The molecule has 0 radical (unpaired) electrons. The molecule has 6 heteroatoms. The minimum Gasteiger partial charge on any atom is -0.369 e. The van der Waals surface area contributed by atoms with Crippen molar-refractivity contribution in [3.8, 4) is 0 Å². The topological polar surface area (TPSA) is 97.5 Å². The second-order valence-electron chi connectivity index (χ2n) is 5.76. The van der Waals surface area contributed by atoms with Gasteiger partial charge >= 0.3 is 0 Å². The van der Waals surface area contributed by atoms with Gasteiger partial charge in [0, 0.05) is 5.92 Å². The van der Waals surface area contributed by atoms with E-state index in [4.69, 9.17) is 5.73 Å². The predicted molar refractivity (Wildman–Crippen MR) is 79.3 cm³/mol. The van der Waals surface area contributed by atoms with Crippen LogP contribution >= 0.6 is 0 Å². The molecule has 3 unspecified atom stereocenters. The molecule has 2 rings (SSSR count). The molecular weight excluding hydrogens is 290 g/mol. The van der Waals surface area contributed by atoms with Crippen molar-refractivity contribution < 1.29 is 17.8 Å². The molecule has 1 aliphatic carbocycles. The first-order valence-corrected chi connectivity index (χ1v) is 8.62. The first-order valence-electron chi connectivity index (χ1n) is 7.18. The van der Waals surface area contributed by atoms with E-state index in [-0.39, 0.29) is 28.6 Å². The Balaban J connectivity index is 2.39. The Hall–Kier alpha value is -1.40. The average Bonchev–Trinajstić information content (AvgIpc) is 2.45. The Labute approximate surface area is 125 Å². The van der Waals surface area contributed by atoms with Gasteiger partial charge in [-0.3, -0.25) is 9.35 Å². The van der Waals surface area contributed by atoms with Crippen LogP contribution < -0.4 is 5.73 Å². The smallest absolute Gasteiger partial charge is 0.294 e. The van der Waals surface area contributed by atoms with Crippen LogP contribution in [0.5, 0.6) is 0 Å². The number of hydrogen-bond acceptors (Lipinski definition) is 3. The van der Waals surface area contributed by atoms with E-state index in [1.807, 2.05) is 6.92 Å². The fraction of sp³-hybridized carbons (Fsp3) is 0.533. The van der Waals surface area contributed by atoms with E-state index >= 15 is 0 Å². The Kier molecular flexibility index (Phi) is 4.68. The lowest BCUT2D eigenvalue weighted by atomic mass is 9.70. The molecule has 0 bridgehead atoms. The molecule has 1 aromatic rings. The highest BCUT2D eigenvalue weighted by molar-refractivity contribution is 7.85. The van der Waals surface area contributed by atoms with Crippen molar-refractivity contribution in [2.45, 2.75) is 43.4 Å². The highest BCUT2D eigenvalue weighted by Crippen LogP contribution is 2.41. The molecular formula is C15H21NO4S. The van der Waals surface area contributed by atoms with Gasteiger partial charge in [-0.25, -0.2) is 0 Å². The van der Waals surface area contributed by atoms with Gasteiger partial charge in [0.15, 0.2) is 0 Å². The van der Waals surface area contributed by atoms with E-state index in [0.717, 1.165) is 25.7 Å². The molecule has 1 aliphatic rings. The second kappa shape index (κ2) is 6.15. The van der Waals surface area contributed by atoms with Gasteiger partial charge in [0.2, 0.25) is 5.91 Å². The van der Waals surface area contributed by atoms with Gasteiger partial charge in [-0.1, -0.05) is 38.0 Å². The molecule has 3 atom stereocenters. The van der Waals surface area contributed by atoms with Gasteiger partial charge in [0.25, 0.3) is 10.1 Å². The molecule has 3 N–H and O–H groups in total. The quantitative estimate of drug-likeness (QED) is 0.834. The summed E-state index contributed by atoms with van der Waals surface area (Å²) in [6.45, 7) is 1.90. The molecule has 1 amide bonds. The van der Waals surface area contributed by atoms with Crippen molar-refractivity contribution >= 4 is 16.0 Å². The summed E-state index contributed by atoms with van der Waals surface area (Å²) < 4.78 is 32.4. The number of amides is 1. The standard InChI is InChI=1S/C15H21NO4S/c1-10(11-6-2-3-8-13(11)15(16)17)12-7-4-5-9-14(12)21(18,19)20/h4-5,7,9-11,13H,2-3,6,8H2,1H3,(H2,16,17)(H,18,19,20). The van der Waals surface area contributed by atoms with Crippen LogP contribution in [0.1, 0.15) is 44.1 Å². The van der Waals surface area contributed by atoms with Crippen LogP contribution in [0.15, 0.2) is 29.2 Å². The van der Waals surface area contributed by atoms with Crippen LogP contribution in [0, 0.1) is 11.8 Å². The minimum absolute atomic E-state index is 0.0131. The second-order valence-corrected chi connectivity index (χ2v) is 7.15. The zero-order valence-electron chi connectivity index (χ0n) is 12.0. The molecule has 0 aliphatic heterocycles. The van der Waals surface area contributed by atoms with Crippen molar-refractivity contribution in [2.75, 3.05) is 0 Å². The van der Waals surface area contributed by atoms with Gasteiger partial charge in [0.1, 0.15) is 0 Å². The predicted octanol–water partition coefficient (Wildman–Crippen LogP) is 2.33. The Morgan fingerprint density at radius 1 is 1.29 bits per heavy atom. The van der Waals surface area contributed by atoms with Crippen molar-refractivity contribution in [3.05, 3.63) is 29.8 Å². The summed E-state index contributed by atoms with van der Waals surface area (Å²) in [6, 6.07) is 6.40. The number of primary amides is 1. The van der Waals surface area contributed by atoms with E-state index < -0.39 is 10.1 Å². The van der Waals surface area contributed by atoms with E-state index in [9.17, 15) is 17.8 Å². The average molecular weight is 311 g/mol. The van der Waals surface area contributed by atoms with Crippen LogP contribution in [-0.4, -0.2) is 18.9 Å². The molecule has 0 saturated heterocycles. The Bertz CT molecular complexity index is 626. The lowest BCUT2D eigenvalue weighted by Crippen LogP contribution is -2.35. The molecule has 21 heavy (non-hydrogen) atoms. The van der Waals surface area contributed by atoms with Crippen molar-refractivity contribution in [3.63, 3.8) is 0 Å². The molecule has 0 spiro atoms. The first-order chi connectivity index (χ1) is 9.82. The number of rotatable bonds is 4. The lowest BCUT2D eigenvalue weighted by Gasteiger charge is -2.34. The summed E-state index contributed by atoms with van der Waals surface area (Å²) >= 11 is 0. The summed E-state index contributed by atoms with van der Waals surface area (Å²) in [6.07, 6.45) is 3.57. The third kappa shape index (κ3) is 3.44. The molecule has 0 heterocycles. The van der Waals surface area contributed by atoms with Crippen LogP contribution in [0.4, 0.5) is 0 Å². The molecule has 0 aromatic heterocycles. The van der Waals surface area contributed by atoms with E-state index in [2.05, 4.69) is 0 Å². The highest BCUT2D eigenvalue weighted by Gasteiger charge is 2.35. The zero-order valence-corrected chi connectivity index (χ0v) is 12.8. The number of benzene rings is 1. The maximum absolute atomic E-state index is 11.6. The fourth-order valence-electron chi connectivity index (χ4n) is 3.43. The summed E-state index contributed by atoms with van der Waals surface area (Å²) in [5.74, 6) is -0.695. The van der Waals surface area contributed by atoms with Crippen LogP contribution in [0.3, 0.4) is 0 Å². The molecule has 1 aromatic carbocycles. The summed E-state index contributed by atoms with van der Waals surface area (Å²) in [4.78, 5) is 11.6. The SMILES string of the molecule is CC(c1ccccc1S(=O)(=O)O)C1CCCCC1C(N)=O. The molecule has 1 fully saturated rings. The minimum atomic E-state index is -4.27. The maximum Gasteiger partial charge on any atom is 0.294 e. The van der Waals surface area contributed by atoms with Gasteiger partial charge < -0.3 is 5.73 Å². The van der Waals surface area contributed by atoms with Crippen molar-refractivity contribution in [2.24, 2.45) is 17.6 Å². The van der Waals surface area contributed by atoms with Crippen LogP contribution in [0.2, 0.25) is 0 Å². The van der Waals surface area contributed by atoms with Crippen molar-refractivity contribution in [1.29, 1.82) is 0 Å². The first kappa shape index (κ1) is 16.0. The molecule has 5 nitrogen and oxygen atoms in total. The Morgan fingerprint density at radius 3 is 2.52 bits per heavy atom. The summed E-state index contributed by atoms with van der Waals surface area (Å²) in [7, 11) is -4.27. The third-order valence-corrected chi connectivity index (χ3v) is 5.44. The maximum atomic E-state index is 11.6. The number of nitrogens with two attached hydrogens (primary N) is 1. The lowest BCUT2D eigenvalue weighted by molar-refractivity contribution is -0.124. The van der Waals surface area contributed by atoms with Crippen LogP contribution in [0.25, 0.3) is 0 Å². The van der Waals surface area contributed by atoms with Crippen LogP contribution in [-0.2, 0) is 14.9 Å². The number of carbonyl (C=O) groups excluding carboxylic acids is 1. The van der Waals surface area contributed by atoms with E-state index in [1.165, 1.54) is 6.07 Å². The normalized spacial score (nSPS) is 24.5. The van der Waals surface area contributed by atoms with Gasteiger partial charge in [0.05, 0.1) is 4.90 Å². The van der Waals surface area contributed by atoms with Gasteiger partial charge in [-0.15, -0.1) is 0 Å². The fourth-order valence-corrected chi connectivity index (χ4v) is 4.24. The van der Waals surface area contributed by atoms with E-state index in [0.29, 0.717) is 5.56 Å². The summed E-state index contributed by atoms with van der Waals surface area (Å²) in [5, 5.41) is 0. The largest absolute Gasteiger partial charge is 0.369 e. The molecule has 116 valence electrons. The Morgan fingerprint density at radius 2 is 1.90 bits per heavy atom. The zero-order chi connectivity index (χ0) is 15.6. The highest BCUT2D eigenvalue weighted by atomic mass is 32.2. The number of hydrogen-bond donors (Lipinski definition) is 2.